The second kappa shape index (κ2) is 4.06. The number of hydrogen-bond donors (Lipinski definition) is 3. The fourth-order valence-corrected chi connectivity index (χ4v) is 1.77. The SMILES string of the molecule is Nc1cc(Br)cc(F)c1NC1=NCCN1. The summed E-state index contributed by atoms with van der Waals surface area (Å²) in [6.07, 6.45) is 0. The van der Waals surface area contributed by atoms with Crippen molar-refractivity contribution in [2.24, 2.45) is 4.99 Å². The lowest BCUT2D eigenvalue weighted by Gasteiger charge is -2.10. The molecule has 15 heavy (non-hydrogen) atoms. The smallest absolute Gasteiger partial charge is 0.196 e. The Kier molecular flexibility index (Phi) is 2.77. The van der Waals surface area contributed by atoms with Gasteiger partial charge in [0.25, 0.3) is 0 Å². The molecule has 0 amide bonds. The Morgan fingerprint density at radius 2 is 2.33 bits per heavy atom. The number of anilines is 2. The maximum atomic E-state index is 13.5. The quantitative estimate of drug-likeness (QED) is 0.680. The molecular formula is C9H10BrFN4. The zero-order valence-electron chi connectivity index (χ0n) is 7.85. The Labute approximate surface area is 94.9 Å². The van der Waals surface area contributed by atoms with Gasteiger partial charge in [0.05, 0.1) is 12.2 Å². The summed E-state index contributed by atoms with van der Waals surface area (Å²) < 4.78 is 14.1. The topological polar surface area (TPSA) is 62.4 Å². The van der Waals surface area contributed by atoms with Crippen LogP contribution in [0, 0.1) is 5.82 Å². The molecule has 0 unspecified atom stereocenters. The average Bonchev–Trinajstić information content (AvgIpc) is 2.63. The van der Waals surface area contributed by atoms with Crippen LogP contribution in [0.2, 0.25) is 0 Å². The summed E-state index contributed by atoms with van der Waals surface area (Å²) in [4.78, 5) is 4.10. The van der Waals surface area contributed by atoms with Crippen molar-refractivity contribution in [3.05, 3.63) is 22.4 Å². The van der Waals surface area contributed by atoms with Gasteiger partial charge in [-0.25, -0.2) is 4.39 Å². The van der Waals surface area contributed by atoms with Crippen LogP contribution in [-0.2, 0) is 0 Å². The van der Waals surface area contributed by atoms with Crippen LogP contribution in [0.15, 0.2) is 21.6 Å². The lowest BCUT2D eigenvalue weighted by Crippen LogP contribution is -2.27. The first-order valence-corrected chi connectivity index (χ1v) is 5.26. The second-order valence-electron chi connectivity index (χ2n) is 3.13. The summed E-state index contributed by atoms with van der Waals surface area (Å²) in [6, 6.07) is 3.00. The van der Waals surface area contributed by atoms with Crippen molar-refractivity contribution in [1.29, 1.82) is 0 Å². The zero-order valence-corrected chi connectivity index (χ0v) is 9.44. The number of nitrogens with two attached hydrogens (primary N) is 1. The zero-order chi connectivity index (χ0) is 10.8. The lowest BCUT2D eigenvalue weighted by atomic mass is 10.2. The minimum atomic E-state index is -0.404. The first-order chi connectivity index (χ1) is 7.16. The molecule has 1 aliphatic rings. The maximum Gasteiger partial charge on any atom is 0.196 e. The number of halogens is 2. The molecular weight excluding hydrogens is 263 g/mol. The molecule has 1 aromatic rings. The Balaban J connectivity index is 2.27. The van der Waals surface area contributed by atoms with Crippen LogP contribution in [0.5, 0.6) is 0 Å². The molecule has 0 aromatic heterocycles. The predicted molar refractivity (Wildman–Crippen MR) is 62.4 cm³/mol. The third-order valence-electron chi connectivity index (χ3n) is 2.00. The van der Waals surface area contributed by atoms with Crippen LogP contribution in [-0.4, -0.2) is 19.0 Å². The van der Waals surface area contributed by atoms with E-state index in [1.54, 1.807) is 6.07 Å². The third-order valence-corrected chi connectivity index (χ3v) is 2.46. The number of aliphatic imine (C=N–C) groups is 1. The third kappa shape index (κ3) is 2.20. The van der Waals surface area contributed by atoms with Gasteiger partial charge >= 0.3 is 0 Å². The lowest BCUT2D eigenvalue weighted by molar-refractivity contribution is 0.632. The highest BCUT2D eigenvalue weighted by Gasteiger charge is 2.12. The standard InChI is InChI=1S/C9H10BrFN4/c10-5-3-6(11)8(7(12)4-5)15-9-13-1-2-14-9/h3-4H,1-2,12H2,(H2,13,14,15). The fraction of sp³-hybridized carbons (Fsp3) is 0.222. The Bertz CT molecular complexity index is 396. The van der Waals surface area contributed by atoms with Crippen LogP contribution in [0.3, 0.4) is 0 Å². The number of nitrogen functional groups attached to an aromatic ring is 1. The normalized spacial score (nSPS) is 14.7. The summed E-state index contributed by atoms with van der Waals surface area (Å²) in [6.45, 7) is 1.46. The van der Waals surface area contributed by atoms with Crippen molar-refractivity contribution in [2.45, 2.75) is 0 Å². The molecule has 80 valence electrons. The van der Waals surface area contributed by atoms with E-state index in [9.17, 15) is 4.39 Å². The first kappa shape index (κ1) is 10.2. The summed E-state index contributed by atoms with van der Waals surface area (Å²) in [5, 5.41) is 5.80. The molecule has 1 aromatic carbocycles. The minimum absolute atomic E-state index is 0.256. The highest BCUT2D eigenvalue weighted by atomic mass is 79.9. The molecule has 1 aliphatic heterocycles. The molecule has 0 bridgehead atoms. The molecule has 0 saturated carbocycles. The van der Waals surface area contributed by atoms with Crippen molar-refractivity contribution in [3.8, 4) is 0 Å². The van der Waals surface area contributed by atoms with Crippen molar-refractivity contribution >= 4 is 33.3 Å². The van der Waals surface area contributed by atoms with Gasteiger partial charge in [-0.1, -0.05) is 15.9 Å². The minimum Gasteiger partial charge on any atom is -0.397 e. The Morgan fingerprint density at radius 3 is 2.93 bits per heavy atom. The summed E-state index contributed by atoms with van der Waals surface area (Å²) in [7, 11) is 0. The van der Waals surface area contributed by atoms with E-state index >= 15 is 0 Å². The number of rotatable bonds is 1. The van der Waals surface area contributed by atoms with Gasteiger partial charge in [-0.2, -0.15) is 0 Å². The van der Waals surface area contributed by atoms with Crippen molar-refractivity contribution in [1.82, 2.24) is 5.32 Å². The number of guanidine groups is 1. The van der Waals surface area contributed by atoms with Gasteiger partial charge in [-0.3, -0.25) is 4.99 Å². The highest BCUT2D eigenvalue weighted by Crippen LogP contribution is 2.27. The van der Waals surface area contributed by atoms with E-state index < -0.39 is 5.82 Å². The monoisotopic (exact) mass is 272 g/mol. The van der Waals surface area contributed by atoms with E-state index in [4.69, 9.17) is 5.73 Å². The number of nitrogens with zero attached hydrogens (tertiary/aromatic N) is 1. The molecule has 4 nitrogen and oxygen atoms in total. The van der Waals surface area contributed by atoms with Crippen molar-refractivity contribution in [3.63, 3.8) is 0 Å². The van der Waals surface area contributed by atoms with E-state index in [1.807, 2.05) is 0 Å². The average molecular weight is 273 g/mol. The van der Waals surface area contributed by atoms with E-state index in [0.717, 1.165) is 6.54 Å². The molecule has 0 radical (unpaired) electrons. The van der Waals surface area contributed by atoms with Gasteiger partial charge in [-0.15, -0.1) is 0 Å². The molecule has 0 aliphatic carbocycles. The van der Waals surface area contributed by atoms with Crippen LogP contribution in [0.1, 0.15) is 0 Å². The van der Waals surface area contributed by atoms with Gasteiger partial charge in [-0.05, 0) is 12.1 Å². The van der Waals surface area contributed by atoms with E-state index in [2.05, 4.69) is 31.6 Å². The summed E-state index contributed by atoms with van der Waals surface area (Å²) in [5.41, 5.74) is 6.29. The highest BCUT2D eigenvalue weighted by molar-refractivity contribution is 9.10. The van der Waals surface area contributed by atoms with Crippen LogP contribution in [0.25, 0.3) is 0 Å². The molecule has 2 rings (SSSR count). The van der Waals surface area contributed by atoms with E-state index in [-0.39, 0.29) is 5.69 Å². The second-order valence-corrected chi connectivity index (χ2v) is 4.05. The maximum absolute atomic E-state index is 13.5. The molecule has 0 fully saturated rings. The van der Waals surface area contributed by atoms with Crippen molar-refractivity contribution in [2.75, 3.05) is 24.1 Å². The molecule has 1 heterocycles. The number of benzene rings is 1. The Morgan fingerprint density at radius 1 is 1.53 bits per heavy atom. The number of nitrogens with one attached hydrogen (secondary N) is 2. The predicted octanol–water partition coefficient (Wildman–Crippen LogP) is 1.54. The molecule has 0 spiro atoms. The molecule has 0 saturated heterocycles. The van der Waals surface area contributed by atoms with Crippen LogP contribution < -0.4 is 16.4 Å². The molecule has 4 N–H and O–H groups in total. The van der Waals surface area contributed by atoms with E-state index in [0.29, 0.717) is 22.7 Å². The number of hydrogen-bond acceptors (Lipinski definition) is 4. The van der Waals surface area contributed by atoms with E-state index in [1.165, 1.54) is 6.07 Å². The van der Waals surface area contributed by atoms with Gasteiger partial charge in [0, 0.05) is 11.0 Å². The molecule has 0 atom stereocenters. The molecule has 6 heteroatoms. The fourth-order valence-electron chi connectivity index (χ4n) is 1.33. The Hall–Kier alpha value is -1.30. The summed E-state index contributed by atoms with van der Waals surface area (Å²) in [5.74, 6) is 0.154. The van der Waals surface area contributed by atoms with Gasteiger partial charge in [0.2, 0.25) is 0 Å². The largest absolute Gasteiger partial charge is 0.397 e. The van der Waals surface area contributed by atoms with Crippen molar-refractivity contribution < 1.29 is 4.39 Å². The van der Waals surface area contributed by atoms with Gasteiger partial charge in [0.1, 0.15) is 11.5 Å². The summed E-state index contributed by atoms with van der Waals surface area (Å²) >= 11 is 3.17. The van der Waals surface area contributed by atoms with Crippen LogP contribution >= 0.6 is 15.9 Å². The van der Waals surface area contributed by atoms with Crippen LogP contribution in [0.4, 0.5) is 15.8 Å². The van der Waals surface area contributed by atoms with Gasteiger partial charge in [0.15, 0.2) is 5.96 Å². The first-order valence-electron chi connectivity index (χ1n) is 4.46. The van der Waals surface area contributed by atoms with Gasteiger partial charge < -0.3 is 16.4 Å².